The van der Waals surface area contributed by atoms with Gasteiger partial charge in [-0.05, 0) is 30.4 Å². The second-order valence-electron chi connectivity index (χ2n) is 5.87. The predicted octanol–water partition coefficient (Wildman–Crippen LogP) is 4.08. The lowest BCUT2D eigenvalue weighted by atomic mass is 9.74. The van der Waals surface area contributed by atoms with Crippen LogP contribution in [0.1, 0.15) is 63.4 Å². The second kappa shape index (κ2) is 6.38. The van der Waals surface area contributed by atoms with Crippen molar-refractivity contribution in [2.75, 3.05) is 18.0 Å². The first-order valence-corrected chi connectivity index (χ1v) is 7.88. The Labute approximate surface area is 122 Å². The van der Waals surface area contributed by atoms with Crippen LogP contribution in [0.15, 0.2) is 18.3 Å². The monoisotopic (exact) mass is 274 g/mol. The molecule has 0 saturated carbocycles. The van der Waals surface area contributed by atoms with Crippen LogP contribution < -0.4 is 4.90 Å². The van der Waals surface area contributed by atoms with E-state index < -0.39 is 0 Å². The first kappa shape index (κ1) is 15.0. The van der Waals surface area contributed by atoms with E-state index >= 15 is 0 Å². The zero-order chi connectivity index (χ0) is 14.6. The molecule has 0 atom stereocenters. The number of rotatable bonds is 5. The van der Waals surface area contributed by atoms with Gasteiger partial charge >= 0.3 is 0 Å². The molecule has 0 bridgehead atoms. The number of nitrogens with zero attached hydrogens (tertiary/aromatic N) is 2. The Kier molecular flexibility index (Phi) is 4.79. The Morgan fingerprint density at radius 3 is 2.30 bits per heavy atom. The lowest BCUT2D eigenvalue weighted by Crippen LogP contribution is -2.39. The van der Waals surface area contributed by atoms with Crippen molar-refractivity contribution in [2.45, 2.75) is 52.9 Å². The number of pyridine rings is 1. The van der Waals surface area contributed by atoms with Crippen LogP contribution in [-0.2, 0) is 0 Å². The minimum atomic E-state index is 0.117. The van der Waals surface area contributed by atoms with Crippen LogP contribution in [0.5, 0.6) is 0 Å². The average Bonchev–Trinajstić information content (AvgIpc) is 2.54. The number of Topliss-reactive ketones (excluding diaryl/α,β-unsaturated/α-hetero) is 1. The largest absolute Gasteiger partial charge is 0.370 e. The van der Waals surface area contributed by atoms with Crippen molar-refractivity contribution < 1.29 is 4.79 Å². The smallest absolute Gasteiger partial charge is 0.180 e. The van der Waals surface area contributed by atoms with E-state index in [4.69, 9.17) is 0 Å². The molecule has 2 rings (SSSR count). The molecule has 1 saturated heterocycles. The Balaban J connectivity index is 2.02. The Hall–Kier alpha value is -1.38. The summed E-state index contributed by atoms with van der Waals surface area (Å²) in [5.41, 5.74) is 2.28. The highest BCUT2D eigenvalue weighted by atomic mass is 16.1. The summed E-state index contributed by atoms with van der Waals surface area (Å²) in [6, 6.07) is 3.91. The van der Waals surface area contributed by atoms with Crippen molar-refractivity contribution in [3.05, 3.63) is 24.0 Å². The van der Waals surface area contributed by atoms with E-state index in [1.807, 2.05) is 25.3 Å². The molecule has 2 heterocycles. The van der Waals surface area contributed by atoms with Gasteiger partial charge in [-0.25, -0.2) is 0 Å². The minimum Gasteiger partial charge on any atom is -0.370 e. The Morgan fingerprint density at radius 1 is 1.20 bits per heavy atom. The van der Waals surface area contributed by atoms with Crippen LogP contribution in [0.25, 0.3) is 0 Å². The van der Waals surface area contributed by atoms with Crippen molar-refractivity contribution in [2.24, 2.45) is 5.41 Å². The summed E-state index contributed by atoms with van der Waals surface area (Å²) in [5, 5.41) is 0. The normalized spacial score (nSPS) is 18.1. The van der Waals surface area contributed by atoms with Crippen LogP contribution in [0.4, 0.5) is 5.69 Å². The van der Waals surface area contributed by atoms with E-state index in [-0.39, 0.29) is 5.78 Å². The van der Waals surface area contributed by atoms with Gasteiger partial charge in [-0.2, -0.15) is 0 Å². The van der Waals surface area contributed by atoms with Crippen LogP contribution in [0.3, 0.4) is 0 Å². The van der Waals surface area contributed by atoms with Gasteiger partial charge < -0.3 is 4.90 Å². The van der Waals surface area contributed by atoms with E-state index in [0.29, 0.717) is 17.5 Å². The predicted molar refractivity (Wildman–Crippen MR) is 83.3 cm³/mol. The van der Waals surface area contributed by atoms with Crippen LogP contribution in [-0.4, -0.2) is 23.9 Å². The van der Waals surface area contributed by atoms with Gasteiger partial charge in [0.2, 0.25) is 0 Å². The standard InChI is InChI=1S/C17H26N2O/c1-4-16(20)15-8-7-14(13-18-15)19-11-9-17(5-2,6-3)10-12-19/h7-8,13H,4-6,9-12H2,1-3H3. The molecular formula is C17H26N2O. The van der Waals surface area contributed by atoms with Gasteiger partial charge in [0.1, 0.15) is 5.69 Å². The molecule has 1 aliphatic rings. The molecule has 3 nitrogen and oxygen atoms in total. The van der Waals surface area contributed by atoms with Gasteiger partial charge in [0.25, 0.3) is 0 Å². The van der Waals surface area contributed by atoms with E-state index in [1.54, 1.807) is 0 Å². The molecule has 0 aliphatic carbocycles. The highest BCUT2D eigenvalue weighted by Crippen LogP contribution is 2.38. The van der Waals surface area contributed by atoms with Gasteiger partial charge in [-0.3, -0.25) is 9.78 Å². The van der Waals surface area contributed by atoms with E-state index in [2.05, 4.69) is 23.7 Å². The van der Waals surface area contributed by atoms with E-state index in [9.17, 15) is 4.79 Å². The maximum Gasteiger partial charge on any atom is 0.180 e. The summed E-state index contributed by atoms with van der Waals surface area (Å²) in [6.07, 6.45) is 7.45. The van der Waals surface area contributed by atoms with E-state index in [0.717, 1.165) is 18.8 Å². The molecule has 0 unspecified atom stereocenters. The molecule has 0 spiro atoms. The lowest BCUT2D eigenvalue weighted by Gasteiger charge is -2.41. The highest BCUT2D eigenvalue weighted by molar-refractivity contribution is 5.94. The molecular weight excluding hydrogens is 248 g/mol. The second-order valence-corrected chi connectivity index (χ2v) is 5.87. The van der Waals surface area contributed by atoms with Crippen molar-refractivity contribution in [1.82, 2.24) is 4.98 Å². The number of hydrogen-bond donors (Lipinski definition) is 0. The van der Waals surface area contributed by atoms with Crippen molar-refractivity contribution >= 4 is 11.5 Å². The van der Waals surface area contributed by atoms with Gasteiger partial charge in [0.15, 0.2) is 5.78 Å². The van der Waals surface area contributed by atoms with Crippen molar-refractivity contribution in [1.29, 1.82) is 0 Å². The van der Waals surface area contributed by atoms with Crippen LogP contribution in [0, 0.1) is 5.41 Å². The minimum absolute atomic E-state index is 0.117. The molecule has 0 aromatic carbocycles. The van der Waals surface area contributed by atoms with Crippen LogP contribution >= 0.6 is 0 Å². The first-order chi connectivity index (χ1) is 9.64. The molecule has 20 heavy (non-hydrogen) atoms. The zero-order valence-corrected chi connectivity index (χ0v) is 13.0. The summed E-state index contributed by atoms with van der Waals surface area (Å²) in [4.78, 5) is 18.3. The summed E-state index contributed by atoms with van der Waals surface area (Å²) >= 11 is 0. The molecule has 0 amide bonds. The third-order valence-corrected chi connectivity index (χ3v) is 5.04. The molecule has 1 aromatic rings. The number of hydrogen-bond acceptors (Lipinski definition) is 3. The number of piperidine rings is 1. The Bertz CT molecular complexity index is 439. The fourth-order valence-electron chi connectivity index (χ4n) is 3.12. The number of carbonyl (C=O) groups is 1. The molecule has 110 valence electrons. The summed E-state index contributed by atoms with van der Waals surface area (Å²) in [5.74, 6) is 0.117. The first-order valence-electron chi connectivity index (χ1n) is 7.88. The van der Waals surface area contributed by atoms with Gasteiger partial charge in [-0.15, -0.1) is 0 Å². The molecule has 1 aromatic heterocycles. The topological polar surface area (TPSA) is 33.2 Å². The lowest BCUT2D eigenvalue weighted by molar-refractivity contribution is 0.0983. The van der Waals surface area contributed by atoms with Crippen molar-refractivity contribution in [3.63, 3.8) is 0 Å². The maximum absolute atomic E-state index is 11.6. The molecule has 3 heteroatoms. The summed E-state index contributed by atoms with van der Waals surface area (Å²) < 4.78 is 0. The van der Waals surface area contributed by atoms with E-state index in [1.165, 1.54) is 25.7 Å². The summed E-state index contributed by atoms with van der Waals surface area (Å²) in [7, 11) is 0. The quantitative estimate of drug-likeness (QED) is 0.758. The number of anilines is 1. The number of carbonyl (C=O) groups excluding carboxylic acids is 1. The van der Waals surface area contributed by atoms with Gasteiger partial charge in [-0.1, -0.05) is 33.6 Å². The molecule has 1 fully saturated rings. The third kappa shape index (κ3) is 3.02. The third-order valence-electron chi connectivity index (χ3n) is 5.04. The SMILES string of the molecule is CCC(=O)c1ccc(N2CCC(CC)(CC)CC2)cn1. The zero-order valence-electron chi connectivity index (χ0n) is 13.0. The molecule has 0 N–H and O–H groups in total. The summed E-state index contributed by atoms with van der Waals surface area (Å²) in [6.45, 7) is 8.70. The maximum atomic E-state index is 11.6. The van der Waals surface area contributed by atoms with Gasteiger partial charge in [0.05, 0.1) is 11.9 Å². The number of ketones is 1. The fraction of sp³-hybridized carbons (Fsp3) is 0.647. The Morgan fingerprint density at radius 2 is 1.85 bits per heavy atom. The number of aromatic nitrogens is 1. The molecule has 0 radical (unpaired) electrons. The fourth-order valence-corrected chi connectivity index (χ4v) is 3.12. The molecule has 1 aliphatic heterocycles. The van der Waals surface area contributed by atoms with Crippen molar-refractivity contribution in [3.8, 4) is 0 Å². The van der Waals surface area contributed by atoms with Gasteiger partial charge in [0, 0.05) is 19.5 Å². The highest BCUT2D eigenvalue weighted by Gasteiger charge is 2.31. The van der Waals surface area contributed by atoms with Crippen LogP contribution in [0.2, 0.25) is 0 Å². The average molecular weight is 274 g/mol.